The highest BCUT2D eigenvalue weighted by atomic mass is 16.5. The first kappa shape index (κ1) is 14.1. The molecule has 3 heteroatoms. The van der Waals surface area contributed by atoms with Gasteiger partial charge in [0.05, 0.1) is 0 Å². The Morgan fingerprint density at radius 1 is 1.15 bits per heavy atom. The minimum absolute atomic E-state index is 0.00914. The number of nitrogens with two attached hydrogens (primary N) is 1. The van der Waals surface area contributed by atoms with Crippen LogP contribution in [0.3, 0.4) is 0 Å². The lowest BCUT2D eigenvalue weighted by Gasteiger charge is -2.17. The number of nitrogen functional groups attached to an aromatic ring is 1. The summed E-state index contributed by atoms with van der Waals surface area (Å²) in [7, 11) is 0. The summed E-state index contributed by atoms with van der Waals surface area (Å²) in [5, 5.41) is 0. The van der Waals surface area contributed by atoms with Crippen LogP contribution in [0.25, 0.3) is 0 Å². The molecule has 0 radical (unpaired) electrons. The van der Waals surface area contributed by atoms with Crippen LogP contribution < -0.4 is 10.5 Å². The standard InChI is InChI=1S/C17H19NO2/c1-2-7-16(17(19)13-8-4-3-5-9-13)20-15-11-6-10-14(18)12-15/h3-6,8-12,16H,2,7,18H2,1H3. The molecule has 2 N–H and O–H groups in total. The molecule has 2 rings (SSSR count). The molecule has 1 unspecified atom stereocenters. The summed E-state index contributed by atoms with van der Waals surface area (Å²) in [5.41, 5.74) is 7.04. The van der Waals surface area contributed by atoms with Gasteiger partial charge in [-0.1, -0.05) is 49.7 Å². The Bertz CT molecular complexity index is 566. The van der Waals surface area contributed by atoms with E-state index < -0.39 is 6.10 Å². The second kappa shape index (κ2) is 6.75. The minimum Gasteiger partial charge on any atom is -0.482 e. The number of ketones is 1. The fourth-order valence-corrected chi connectivity index (χ4v) is 2.05. The summed E-state index contributed by atoms with van der Waals surface area (Å²) in [4.78, 5) is 12.5. The van der Waals surface area contributed by atoms with Crippen molar-refractivity contribution in [1.29, 1.82) is 0 Å². The van der Waals surface area contributed by atoms with Gasteiger partial charge >= 0.3 is 0 Å². The van der Waals surface area contributed by atoms with Gasteiger partial charge in [0.2, 0.25) is 5.78 Å². The maximum atomic E-state index is 12.5. The number of anilines is 1. The number of hydrogen-bond donors (Lipinski definition) is 1. The SMILES string of the molecule is CCCC(Oc1cccc(N)c1)C(=O)c1ccccc1. The number of hydrogen-bond acceptors (Lipinski definition) is 3. The summed E-state index contributed by atoms with van der Waals surface area (Å²) in [5.74, 6) is 0.641. The normalized spacial score (nSPS) is 11.8. The lowest BCUT2D eigenvalue weighted by molar-refractivity contribution is 0.0777. The third-order valence-corrected chi connectivity index (χ3v) is 3.04. The maximum Gasteiger partial charge on any atom is 0.203 e. The van der Waals surface area contributed by atoms with Gasteiger partial charge in [0, 0.05) is 17.3 Å². The first-order valence-electron chi connectivity index (χ1n) is 6.82. The molecule has 0 heterocycles. The number of rotatable bonds is 6. The van der Waals surface area contributed by atoms with Crippen molar-refractivity contribution in [3.05, 3.63) is 60.2 Å². The zero-order valence-electron chi connectivity index (χ0n) is 11.6. The lowest BCUT2D eigenvalue weighted by Crippen LogP contribution is -2.27. The van der Waals surface area contributed by atoms with E-state index in [1.54, 1.807) is 12.1 Å². The Labute approximate surface area is 119 Å². The second-order valence-corrected chi connectivity index (χ2v) is 4.70. The summed E-state index contributed by atoms with van der Waals surface area (Å²) in [6.07, 6.45) is 1.10. The number of carbonyl (C=O) groups is 1. The maximum absolute atomic E-state index is 12.5. The predicted molar refractivity (Wildman–Crippen MR) is 81.0 cm³/mol. The molecule has 0 aliphatic rings. The van der Waals surface area contributed by atoms with E-state index in [9.17, 15) is 4.79 Å². The molecule has 0 saturated heterocycles. The third kappa shape index (κ3) is 3.60. The number of benzene rings is 2. The van der Waals surface area contributed by atoms with Crippen molar-refractivity contribution in [2.24, 2.45) is 0 Å². The van der Waals surface area contributed by atoms with Crippen molar-refractivity contribution >= 4 is 11.5 Å². The molecule has 0 bridgehead atoms. The average molecular weight is 269 g/mol. The van der Waals surface area contributed by atoms with E-state index in [1.165, 1.54) is 0 Å². The Morgan fingerprint density at radius 2 is 1.90 bits per heavy atom. The highest BCUT2D eigenvalue weighted by Gasteiger charge is 2.21. The van der Waals surface area contributed by atoms with Gasteiger partial charge in [-0.3, -0.25) is 4.79 Å². The topological polar surface area (TPSA) is 52.3 Å². The van der Waals surface area contributed by atoms with Crippen LogP contribution >= 0.6 is 0 Å². The Hall–Kier alpha value is -2.29. The molecule has 2 aromatic carbocycles. The molecule has 0 aliphatic heterocycles. The second-order valence-electron chi connectivity index (χ2n) is 4.70. The van der Waals surface area contributed by atoms with Crippen molar-refractivity contribution < 1.29 is 9.53 Å². The smallest absolute Gasteiger partial charge is 0.203 e. The Balaban J connectivity index is 2.17. The van der Waals surface area contributed by atoms with Crippen molar-refractivity contribution in [1.82, 2.24) is 0 Å². The molecule has 1 atom stereocenters. The highest BCUT2D eigenvalue weighted by molar-refractivity contribution is 5.99. The molecule has 0 spiro atoms. The van der Waals surface area contributed by atoms with Crippen LogP contribution in [0.15, 0.2) is 54.6 Å². The molecular weight excluding hydrogens is 250 g/mol. The highest BCUT2D eigenvalue weighted by Crippen LogP contribution is 2.19. The summed E-state index contributed by atoms with van der Waals surface area (Å²) < 4.78 is 5.82. The Kier molecular flexibility index (Phi) is 4.77. The van der Waals surface area contributed by atoms with Crippen LogP contribution in [0.5, 0.6) is 5.75 Å². The van der Waals surface area contributed by atoms with Crippen LogP contribution in [0.2, 0.25) is 0 Å². The van der Waals surface area contributed by atoms with Crippen molar-refractivity contribution in [2.45, 2.75) is 25.9 Å². The van der Waals surface area contributed by atoms with E-state index in [0.717, 1.165) is 6.42 Å². The van der Waals surface area contributed by atoms with Gasteiger partial charge in [0.1, 0.15) is 5.75 Å². The minimum atomic E-state index is -0.468. The van der Waals surface area contributed by atoms with E-state index in [4.69, 9.17) is 10.5 Å². The van der Waals surface area contributed by atoms with Crippen LogP contribution in [-0.4, -0.2) is 11.9 Å². The van der Waals surface area contributed by atoms with Crippen LogP contribution in [0.1, 0.15) is 30.1 Å². The molecule has 20 heavy (non-hydrogen) atoms. The number of carbonyl (C=O) groups excluding carboxylic acids is 1. The fraction of sp³-hybridized carbons (Fsp3) is 0.235. The van der Waals surface area contributed by atoms with Crippen molar-refractivity contribution in [3.8, 4) is 5.75 Å². The predicted octanol–water partition coefficient (Wildman–Crippen LogP) is 3.70. The van der Waals surface area contributed by atoms with Gasteiger partial charge in [0.25, 0.3) is 0 Å². The third-order valence-electron chi connectivity index (χ3n) is 3.04. The molecule has 104 valence electrons. The molecule has 0 aromatic heterocycles. The monoisotopic (exact) mass is 269 g/mol. The van der Waals surface area contributed by atoms with E-state index in [1.807, 2.05) is 49.4 Å². The summed E-state index contributed by atoms with van der Waals surface area (Å²) >= 11 is 0. The largest absolute Gasteiger partial charge is 0.482 e. The van der Waals surface area contributed by atoms with Gasteiger partial charge in [0.15, 0.2) is 6.10 Å². The van der Waals surface area contributed by atoms with Gasteiger partial charge in [-0.05, 0) is 18.6 Å². The van der Waals surface area contributed by atoms with E-state index in [0.29, 0.717) is 23.4 Å². The van der Waals surface area contributed by atoms with Gasteiger partial charge in [-0.15, -0.1) is 0 Å². The van der Waals surface area contributed by atoms with Gasteiger partial charge < -0.3 is 10.5 Å². The van der Waals surface area contributed by atoms with Gasteiger partial charge in [-0.2, -0.15) is 0 Å². The lowest BCUT2D eigenvalue weighted by atomic mass is 10.0. The first-order chi connectivity index (χ1) is 9.70. The number of ether oxygens (including phenoxy) is 1. The number of Topliss-reactive ketones (excluding diaryl/α,β-unsaturated/α-hetero) is 1. The summed E-state index contributed by atoms with van der Waals surface area (Å²) in [6, 6.07) is 16.4. The zero-order chi connectivity index (χ0) is 14.4. The molecule has 2 aromatic rings. The fourth-order valence-electron chi connectivity index (χ4n) is 2.05. The van der Waals surface area contributed by atoms with Crippen LogP contribution in [-0.2, 0) is 0 Å². The van der Waals surface area contributed by atoms with E-state index in [2.05, 4.69) is 0 Å². The van der Waals surface area contributed by atoms with Crippen LogP contribution in [0.4, 0.5) is 5.69 Å². The molecule has 0 aliphatic carbocycles. The quantitative estimate of drug-likeness (QED) is 0.642. The van der Waals surface area contributed by atoms with Crippen molar-refractivity contribution in [2.75, 3.05) is 5.73 Å². The zero-order valence-corrected chi connectivity index (χ0v) is 11.6. The molecular formula is C17H19NO2. The molecule has 0 saturated carbocycles. The Morgan fingerprint density at radius 3 is 2.55 bits per heavy atom. The van der Waals surface area contributed by atoms with E-state index >= 15 is 0 Å². The van der Waals surface area contributed by atoms with Gasteiger partial charge in [-0.25, -0.2) is 0 Å². The van der Waals surface area contributed by atoms with Crippen LogP contribution in [0, 0.1) is 0 Å². The molecule has 0 amide bonds. The molecule has 0 fully saturated rings. The average Bonchev–Trinajstić information content (AvgIpc) is 2.47. The molecule has 3 nitrogen and oxygen atoms in total. The van der Waals surface area contributed by atoms with E-state index in [-0.39, 0.29) is 5.78 Å². The van der Waals surface area contributed by atoms with Crippen molar-refractivity contribution in [3.63, 3.8) is 0 Å². The summed E-state index contributed by atoms with van der Waals surface area (Å²) in [6.45, 7) is 2.04. The first-order valence-corrected chi connectivity index (χ1v) is 6.82.